The number of aromatic nitrogens is 4. The fourth-order valence-corrected chi connectivity index (χ4v) is 3.15. The van der Waals surface area contributed by atoms with E-state index in [1.54, 1.807) is 12.1 Å². The Kier molecular flexibility index (Phi) is 3.98. The zero-order valence-electron chi connectivity index (χ0n) is 13.3. The minimum Gasteiger partial charge on any atom is -0.485 e. The molecule has 0 aliphatic heterocycles. The largest absolute Gasteiger partial charge is 0.485 e. The van der Waals surface area contributed by atoms with Gasteiger partial charge in [0, 0.05) is 30.1 Å². The van der Waals surface area contributed by atoms with E-state index in [9.17, 15) is 0 Å². The number of ether oxygens (including phenoxy) is 1. The molecule has 0 spiro atoms. The third kappa shape index (κ3) is 3.01. The van der Waals surface area contributed by atoms with Crippen LogP contribution in [0.25, 0.3) is 0 Å². The molecule has 0 saturated heterocycles. The molecule has 0 radical (unpaired) electrons. The summed E-state index contributed by atoms with van der Waals surface area (Å²) in [7, 11) is 1.97. The van der Waals surface area contributed by atoms with Crippen LogP contribution in [0.5, 0.6) is 5.75 Å². The molecular formula is C17H17ClN4O2. The molecule has 7 heteroatoms. The number of halogens is 1. The molecule has 0 bridgehead atoms. The topological polar surface area (TPSA) is 66.0 Å². The average Bonchev–Trinajstić information content (AvgIpc) is 3.21. The molecule has 6 nitrogen and oxygen atoms in total. The average molecular weight is 345 g/mol. The van der Waals surface area contributed by atoms with Gasteiger partial charge in [0.05, 0.1) is 6.20 Å². The van der Waals surface area contributed by atoms with Gasteiger partial charge in [0.1, 0.15) is 5.75 Å². The van der Waals surface area contributed by atoms with E-state index in [-0.39, 0.29) is 12.5 Å². The summed E-state index contributed by atoms with van der Waals surface area (Å²) >= 11 is 5.86. The Morgan fingerprint density at radius 2 is 2.17 bits per heavy atom. The van der Waals surface area contributed by atoms with Crippen LogP contribution in [0.2, 0.25) is 5.02 Å². The molecule has 1 aliphatic carbocycles. The first-order valence-electron chi connectivity index (χ1n) is 7.89. The summed E-state index contributed by atoms with van der Waals surface area (Å²) in [6.45, 7) is 0.273. The van der Waals surface area contributed by atoms with Gasteiger partial charge in [-0.15, -0.1) is 0 Å². The molecule has 1 unspecified atom stereocenters. The standard InChI is InChI=1S/C17H17ClN4O2/c1-22-15-8-11(2-3-12(15)9-19-22)17-20-16(21-24-17)10-23-14-6-4-13(18)5-7-14/h4-7,9,11H,2-3,8,10H2,1H3. The molecule has 0 saturated carbocycles. The van der Waals surface area contributed by atoms with Crippen LogP contribution in [-0.2, 0) is 26.5 Å². The molecule has 124 valence electrons. The number of rotatable bonds is 4. The molecule has 1 atom stereocenters. The quantitative estimate of drug-likeness (QED) is 0.726. The van der Waals surface area contributed by atoms with Crippen LogP contribution >= 0.6 is 11.6 Å². The Balaban J connectivity index is 1.42. The summed E-state index contributed by atoms with van der Waals surface area (Å²) in [6, 6.07) is 7.20. The van der Waals surface area contributed by atoms with Crippen molar-refractivity contribution in [3.05, 3.63) is 58.5 Å². The van der Waals surface area contributed by atoms with Gasteiger partial charge in [0.15, 0.2) is 6.61 Å². The number of aryl methyl sites for hydroxylation is 2. The molecule has 1 aliphatic rings. The van der Waals surface area contributed by atoms with Crippen molar-refractivity contribution < 1.29 is 9.26 Å². The number of benzene rings is 1. The van der Waals surface area contributed by atoms with E-state index < -0.39 is 0 Å². The van der Waals surface area contributed by atoms with E-state index in [1.165, 1.54) is 11.3 Å². The molecule has 2 aromatic heterocycles. The highest BCUT2D eigenvalue weighted by Crippen LogP contribution is 2.31. The van der Waals surface area contributed by atoms with E-state index in [4.69, 9.17) is 20.9 Å². The number of hydrogen-bond acceptors (Lipinski definition) is 5. The van der Waals surface area contributed by atoms with E-state index in [2.05, 4.69) is 15.2 Å². The molecule has 4 rings (SSSR count). The summed E-state index contributed by atoms with van der Waals surface area (Å²) in [4.78, 5) is 4.49. The van der Waals surface area contributed by atoms with Gasteiger partial charge in [-0.05, 0) is 42.7 Å². The van der Waals surface area contributed by atoms with E-state index >= 15 is 0 Å². The van der Waals surface area contributed by atoms with Gasteiger partial charge in [-0.1, -0.05) is 16.8 Å². The maximum Gasteiger partial charge on any atom is 0.230 e. The Morgan fingerprint density at radius 3 is 3.00 bits per heavy atom. The van der Waals surface area contributed by atoms with Crippen LogP contribution in [-0.4, -0.2) is 19.9 Å². The van der Waals surface area contributed by atoms with Crippen LogP contribution < -0.4 is 4.74 Å². The first-order valence-corrected chi connectivity index (χ1v) is 8.27. The summed E-state index contributed by atoms with van der Waals surface area (Å²) in [5.41, 5.74) is 2.57. The lowest BCUT2D eigenvalue weighted by Gasteiger charge is -2.19. The van der Waals surface area contributed by atoms with Crippen LogP contribution in [0, 0.1) is 0 Å². The summed E-state index contributed by atoms with van der Waals surface area (Å²) in [5.74, 6) is 2.19. The van der Waals surface area contributed by atoms with Crippen molar-refractivity contribution in [2.45, 2.75) is 31.8 Å². The molecule has 24 heavy (non-hydrogen) atoms. The second-order valence-corrected chi connectivity index (χ2v) is 6.41. The molecule has 1 aromatic carbocycles. The predicted molar refractivity (Wildman–Crippen MR) is 88.1 cm³/mol. The summed E-state index contributed by atoms with van der Waals surface area (Å²) in [6.07, 6.45) is 4.82. The van der Waals surface area contributed by atoms with Crippen molar-refractivity contribution in [2.24, 2.45) is 7.05 Å². The molecule has 0 N–H and O–H groups in total. The van der Waals surface area contributed by atoms with Crippen molar-refractivity contribution >= 4 is 11.6 Å². The summed E-state index contributed by atoms with van der Waals surface area (Å²) < 4.78 is 13.0. The normalized spacial score (nSPS) is 16.8. The highest BCUT2D eigenvalue weighted by molar-refractivity contribution is 6.30. The highest BCUT2D eigenvalue weighted by atomic mass is 35.5. The first-order chi connectivity index (χ1) is 11.7. The molecule has 0 amide bonds. The predicted octanol–water partition coefficient (Wildman–Crippen LogP) is 3.31. The zero-order chi connectivity index (χ0) is 16.5. The minimum atomic E-state index is 0.240. The molecular weight excluding hydrogens is 328 g/mol. The van der Waals surface area contributed by atoms with Gasteiger partial charge in [0.2, 0.25) is 11.7 Å². The van der Waals surface area contributed by atoms with E-state index in [0.29, 0.717) is 16.7 Å². The van der Waals surface area contributed by atoms with E-state index in [1.807, 2.05) is 30.1 Å². The number of hydrogen-bond donors (Lipinski definition) is 0. The van der Waals surface area contributed by atoms with Gasteiger partial charge in [-0.25, -0.2) is 0 Å². The maximum atomic E-state index is 5.86. The van der Waals surface area contributed by atoms with Crippen molar-refractivity contribution in [1.82, 2.24) is 19.9 Å². The van der Waals surface area contributed by atoms with Crippen LogP contribution in [0.15, 0.2) is 35.0 Å². The SMILES string of the molecule is Cn1ncc2c1CC(c1nc(COc3ccc(Cl)cc3)no1)CC2. The van der Waals surface area contributed by atoms with Gasteiger partial charge in [-0.3, -0.25) is 4.68 Å². The fourth-order valence-electron chi connectivity index (χ4n) is 3.03. The summed E-state index contributed by atoms with van der Waals surface area (Å²) in [5, 5.41) is 9.03. The lowest BCUT2D eigenvalue weighted by atomic mass is 9.88. The van der Waals surface area contributed by atoms with Crippen LogP contribution in [0.3, 0.4) is 0 Å². The third-order valence-corrected chi connectivity index (χ3v) is 4.62. The zero-order valence-corrected chi connectivity index (χ0v) is 14.0. The monoisotopic (exact) mass is 344 g/mol. The Labute approximate surface area is 144 Å². The molecule has 2 heterocycles. The first kappa shape index (κ1) is 15.2. The van der Waals surface area contributed by atoms with Crippen molar-refractivity contribution in [2.75, 3.05) is 0 Å². The third-order valence-electron chi connectivity index (χ3n) is 4.36. The maximum absolute atomic E-state index is 5.86. The minimum absolute atomic E-state index is 0.240. The molecule has 0 fully saturated rings. The van der Waals surface area contributed by atoms with Gasteiger partial charge in [0.25, 0.3) is 0 Å². The Bertz CT molecular complexity index is 841. The highest BCUT2D eigenvalue weighted by Gasteiger charge is 2.27. The lowest BCUT2D eigenvalue weighted by molar-refractivity contribution is 0.282. The number of fused-ring (bicyclic) bond motifs is 1. The fraction of sp³-hybridized carbons (Fsp3) is 0.353. The van der Waals surface area contributed by atoms with Gasteiger partial charge in [-0.2, -0.15) is 10.1 Å². The number of nitrogens with zero attached hydrogens (tertiary/aromatic N) is 4. The van der Waals surface area contributed by atoms with Crippen LogP contribution in [0.1, 0.15) is 35.3 Å². The second kappa shape index (κ2) is 6.28. The lowest BCUT2D eigenvalue weighted by Crippen LogP contribution is -2.15. The van der Waals surface area contributed by atoms with Crippen LogP contribution in [0.4, 0.5) is 0 Å². The Morgan fingerprint density at radius 1 is 1.33 bits per heavy atom. The van der Waals surface area contributed by atoms with Crippen molar-refractivity contribution in [3.8, 4) is 5.75 Å². The van der Waals surface area contributed by atoms with Gasteiger partial charge < -0.3 is 9.26 Å². The van der Waals surface area contributed by atoms with E-state index in [0.717, 1.165) is 25.0 Å². The molecule has 3 aromatic rings. The second-order valence-electron chi connectivity index (χ2n) is 5.97. The van der Waals surface area contributed by atoms with Gasteiger partial charge >= 0.3 is 0 Å². The Hall–Kier alpha value is -2.34. The van der Waals surface area contributed by atoms with Crippen molar-refractivity contribution in [1.29, 1.82) is 0 Å². The smallest absolute Gasteiger partial charge is 0.230 e. The van der Waals surface area contributed by atoms with Crippen molar-refractivity contribution in [3.63, 3.8) is 0 Å².